The Morgan fingerprint density at radius 2 is 1.51 bits per heavy atom. The summed E-state index contributed by atoms with van der Waals surface area (Å²) in [6.45, 7) is 15.5. The number of hydrogen-bond donors (Lipinski definition) is 2. The Morgan fingerprint density at radius 3 is 2.02 bits per heavy atom. The molecule has 2 fully saturated rings. The summed E-state index contributed by atoms with van der Waals surface area (Å²) < 4.78 is 60.6. The molecule has 6 rings (SSSR count). The number of pyridine rings is 1. The third-order valence-corrected chi connectivity index (χ3v) is 10.1. The summed E-state index contributed by atoms with van der Waals surface area (Å²) in [5, 5.41) is 11.7. The van der Waals surface area contributed by atoms with E-state index in [4.69, 9.17) is 19.0 Å². The van der Waals surface area contributed by atoms with Crippen LogP contribution in [0, 0.1) is 10.8 Å². The minimum Gasteiger partial charge on any atom is -0.388 e. The van der Waals surface area contributed by atoms with Crippen LogP contribution in [0.15, 0.2) is 24.3 Å². The van der Waals surface area contributed by atoms with E-state index in [1.807, 2.05) is 4.73 Å². The van der Waals surface area contributed by atoms with Gasteiger partial charge in [0.15, 0.2) is 0 Å². The Bertz CT molecular complexity index is 1340. The highest BCUT2D eigenvalue weighted by molar-refractivity contribution is 7.79. The van der Waals surface area contributed by atoms with Crippen molar-refractivity contribution in [1.82, 2.24) is 0 Å². The Hall–Kier alpha value is -1.85. The van der Waals surface area contributed by atoms with Crippen LogP contribution in [0.3, 0.4) is 0 Å². The molecule has 4 aliphatic rings. The molecule has 1 aliphatic carbocycles. The molecule has 4 heterocycles. The molecule has 0 radical (unpaired) electrons. The maximum atomic E-state index is 13.4. The zero-order valence-corrected chi connectivity index (χ0v) is 30.3. The minimum atomic E-state index is -4.42. The molecule has 1 aromatic heterocycles. The van der Waals surface area contributed by atoms with Gasteiger partial charge in [-0.2, -0.15) is 25.8 Å². The molecular formula is C37H55F3NO5S+. The highest BCUT2D eigenvalue weighted by Crippen LogP contribution is 2.57. The highest BCUT2D eigenvalue weighted by Gasteiger charge is 2.57. The predicted molar refractivity (Wildman–Crippen MR) is 180 cm³/mol. The lowest BCUT2D eigenvalue weighted by molar-refractivity contribution is -0.897. The Kier molecular flexibility index (Phi) is 12.1. The molecule has 6 nitrogen and oxygen atoms in total. The molecule has 1 aromatic carbocycles. The van der Waals surface area contributed by atoms with Gasteiger partial charge in [0.1, 0.15) is 13.2 Å². The van der Waals surface area contributed by atoms with Crippen LogP contribution in [-0.2, 0) is 32.4 Å². The van der Waals surface area contributed by atoms with Gasteiger partial charge in [0.05, 0.1) is 34.3 Å². The molecule has 0 amide bonds. The second-order valence-electron chi connectivity index (χ2n) is 15.1. The smallest absolute Gasteiger partial charge is 0.388 e. The fourth-order valence-electron chi connectivity index (χ4n) is 7.27. The quantitative estimate of drug-likeness (QED) is 0.254. The minimum absolute atomic E-state index is 0.121. The first-order chi connectivity index (χ1) is 22.1. The van der Waals surface area contributed by atoms with E-state index in [-0.39, 0.29) is 11.3 Å². The lowest BCUT2D eigenvalue weighted by Crippen LogP contribution is -2.54. The molecule has 2 saturated heterocycles. The lowest BCUT2D eigenvalue weighted by Gasteiger charge is -2.39. The monoisotopic (exact) mass is 682 g/mol. The first-order valence-corrected chi connectivity index (χ1v) is 17.8. The molecule has 1 spiro atoms. The highest BCUT2D eigenvalue weighted by atomic mass is 32.1. The van der Waals surface area contributed by atoms with Crippen LogP contribution in [0.2, 0.25) is 0 Å². The number of alkyl halides is 3. The van der Waals surface area contributed by atoms with Crippen LogP contribution in [-0.4, -0.2) is 44.9 Å². The average Bonchev–Trinajstić information content (AvgIpc) is 3.34. The van der Waals surface area contributed by atoms with Crippen molar-refractivity contribution in [1.29, 1.82) is 0 Å². The number of halogens is 3. The summed E-state index contributed by atoms with van der Waals surface area (Å²) in [6, 6.07) is 5.31. The SMILES string of the molecule is CCC(C)(C)C.CO[n+]1c2c(c3c(c1C1CCOCC1)C(c1ccc(C(F)(F)F)cc1)OC31CCOCC1)C(O)CC(C)(C)C2.CS. The van der Waals surface area contributed by atoms with Crippen molar-refractivity contribution in [2.24, 2.45) is 10.8 Å². The summed E-state index contributed by atoms with van der Waals surface area (Å²) in [7, 11) is 1.65. The molecule has 0 saturated carbocycles. The number of aliphatic hydroxyl groups excluding tert-OH is 1. The number of ether oxygens (including phenoxy) is 3. The van der Waals surface area contributed by atoms with Crippen molar-refractivity contribution in [3.05, 3.63) is 63.5 Å². The molecule has 264 valence electrons. The topological polar surface area (TPSA) is 61.0 Å². The van der Waals surface area contributed by atoms with E-state index in [9.17, 15) is 18.3 Å². The number of thiol groups is 1. The van der Waals surface area contributed by atoms with Gasteiger partial charge in [-0.3, -0.25) is 4.84 Å². The maximum Gasteiger partial charge on any atom is 0.416 e. The Morgan fingerprint density at radius 1 is 0.957 bits per heavy atom. The summed E-state index contributed by atoms with van der Waals surface area (Å²) in [4.78, 5) is 6.12. The van der Waals surface area contributed by atoms with Gasteiger partial charge in [-0.25, -0.2) is 0 Å². The number of hydrogen-bond acceptors (Lipinski definition) is 6. The first kappa shape index (κ1) is 38.0. The molecule has 47 heavy (non-hydrogen) atoms. The van der Waals surface area contributed by atoms with Crippen molar-refractivity contribution in [2.75, 3.05) is 39.8 Å². The number of nitrogens with zero attached hydrogens (tertiary/aromatic N) is 1. The Labute approximate surface area is 284 Å². The molecule has 2 unspecified atom stereocenters. The van der Waals surface area contributed by atoms with E-state index in [1.165, 1.54) is 18.6 Å². The van der Waals surface area contributed by atoms with Crippen molar-refractivity contribution in [2.45, 2.75) is 116 Å². The summed E-state index contributed by atoms with van der Waals surface area (Å²) in [6.07, 6.45) is 1.41. The third-order valence-electron chi connectivity index (χ3n) is 10.1. The van der Waals surface area contributed by atoms with Crippen LogP contribution < -0.4 is 9.57 Å². The average molecular weight is 683 g/mol. The van der Waals surface area contributed by atoms with Crippen LogP contribution in [0.1, 0.15) is 137 Å². The molecule has 2 atom stereocenters. The predicted octanol–water partition coefficient (Wildman–Crippen LogP) is 8.06. The molecule has 1 N–H and O–H groups in total. The van der Waals surface area contributed by atoms with Gasteiger partial charge < -0.3 is 19.3 Å². The molecule has 10 heteroatoms. The van der Waals surface area contributed by atoms with Gasteiger partial charge in [0.2, 0.25) is 11.4 Å². The second kappa shape index (κ2) is 15.0. The maximum absolute atomic E-state index is 13.4. The summed E-state index contributed by atoms with van der Waals surface area (Å²) >= 11 is 3.53. The van der Waals surface area contributed by atoms with E-state index >= 15 is 0 Å². The van der Waals surface area contributed by atoms with Crippen LogP contribution in [0.5, 0.6) is 0 Å². The van der Waals surface area contributed by atoms with Gasteiger partial charge in [-0.1, -0.05) is 60.1 Å². The van der Waals surface area contributed by atoms with Crippen molar-refractivity contribution < 1.29 is 42.1 Å². The van der Waals surface area contributed by atoms with Gasteiger partial charge in [0.25, 0.3) is 0 Å². The summed E-state index contributed by atoms with van der Waals surface area (Å²) in [5.41, 5.74) is 4.43. The standard InChI is InChI=1S/C30H37F3NO5.C6H14.CH4S/c1-28(2)16-21-23(22(35)17-28)25-24(26(34(21)36-3)18-8-12-37-13-9-18)27(39-29(25)10-14-38-15-11-29)19-4-6-20(7-5-19)30(31,32)33;1-5-6(2,3)4;1-2/h4-7,18,22,27,35H,8-17H2,1-3H3;5H2,1-4H3;2H,1H3/q+1;;. The zero-order valence-electron chi connectivity index (χ0n) is 29.4. The lowest BCUT2D eigenvalue weighted by atomic mass is 9.69. The van der Waals surface area contributed by atoms with Gasteiger partial charge in [-0.15, -0.1) is 0 Å². The fourth-order valence-corrected chi connectivity index (χ4v) is 7.27. The number of rotatable bonds is 3. The van der Waals surface area contributed by atoms with E-state index in [1.54, 1.807) is 13.4 Å². The number of fused-ring (bicyclic) bond motifs is 4. The van der Waals surface area contributed by atoms with E-state index in [0.717, 1.165) is 59.5 Å². The van der Waals surface area contributed by atoms with Crippen molar-refractivity contribution >= 4 is 12.6 Å². The second-order valence-corrected chi connectivity index (χ2v) is 15.1. The summed E-state index contributed by atoms with van der Waals surface area (Å²) in [5.74, 6) is 0.121. The van der Waals surface area contributed by atoms with Crippen LogP contribution in [0.4, 0.5) is 13.2 Å². The van der Waals surface area contributed by atoms with Crippen LogP contribution in [0.25, 0.3) is 0 Å². The van der Waals surface area contributed by atoms with Crippen LogP contribution >= 0.6 is 12.6 Å². The Balaban J connectivity index is 0.000000564. The van der Waals surface area contributed by atoms with Gasteiger partial charge in [-0.05, 0) is 54.0 Å². The first-order valence-electron chi connectivity index (χ1n) is 16.9. The molecule has 3 aliphatic heterocycles. The normalized spacial score (nSPS) is 23.5. The van der Waals surface area contributed by atoms with Crippen molar-refractivity contribution in [3.63, 3.8) is 0 Å². The van der Waals surface area contributed by atoms with Crippen molar-refractivity contribution in [3.8, 4) is 0 Å². The fraction of sp³-hybridized carbons (Fsp3) is 0.703. The largest absolute Gasteiger partial charge is 0.416 e. The van der Waals surface area contributed by atoms with E-state index in [2.05, 4.69) is 54.2 Å². The number of aromatic nitrogens is 1. The number of aliphatic hydroxyl groups is 1. The third kappa shape index (κ3) is 8.14. The van der Waals surface area contributed by atoms with Gasteiger partial charge in [0, 0.05) is 56.0 Å². The molecule has 2 aromatic rings. The number of benzene rings is 1. The van der Waals surface area contributed by atoms with E-state index in [0.29, 0.717) is 56.7 Å². The van der Waals surface area contributed by atoms with E-state index < -0.39 is 29.5 Å². The molecular weight excluding hydrogens is 627 g/mol. The molecule has 0 bridgehead atoms. The zero-order chi connectivity index (χ0) is 34.8. The van der Waals surface area contributed by atoms with Gasteiger partial charge >= 0.3 is 6.18 Å².